The summed E-state index contributed by atoms with van der Waals surface area (Å²) in [7, 11) is 1.88. The lowest BCUT2D eigenvalue weighted by Gasteiger charge is -2.46. The third-order valence-electron chi connectivity index (χ3n) is 6.08. The highest BCUT2D eigenvalue weighted by atomic mass is 19.4. The van der Waals surface area contributed by atoms with Gasteiger partial charge >= 0.3 is 6.18 Å². The molecular weight excluding hydrogens is 395 g/mol. The fraction of sp³-hybridized carbons (Fsp3) is 0.364. The summed E-state index contributed by atoms with van der Waals surface area (Å²) in [6, 6.07) is 13.7. The summed E-state index contributed by atoms with van der Waals surface area (Å²) in [6.07, 6.45) is -3.75. The molecule has 0 N–H and O–H groups in total. The Balaban J connectivity index is 1.52. The highest BCUT2D eigenvalue weighted by molar-refractivity contribution is 5.97. The number of halogens is 3. The van der Waals surface area contributed by atoms with Gasteiger partial charge in [0.1, 0.15) is 0 Å². The van der Waals surface area contributed by atoms with Crippen LogP contribution in [0.2, 0.25) is 0 Å². The molecule has 2 amide bonds. The van der Waals surface area contributed by atoms with Crippen molar-refractivity contribution in [3.8, 4) is 0 Å². The Bertz CT molecular complexity index is 946. The number of rotatable bonds is 2. The summed E-state index contributed by atoms with van der Waals surface area (Å²) in [4.78, 5) is 30.9. The van der Waals surface area contributed by atoms with Crippen molar-refractivity contribution in [1.82, 2.24) is 9.80 Å². The van der Waals surface area contributed by atoms with E-state index in [0.29, 0.717) is 26.1 Å². The molecule has 1 spiro atoms. The summed E-state index contributed by atoms with van der Waals surface area (Å²) < 4.78 is 38.3. The molecule has 30 heavy (non-hydrogen) atoms. The van der Waals surface area contributed by atoms with E-state index in [9.17, 15) is 22.8 Å². The summed E-state index contributed by atoms with van der Waals surface area (Å²) >= 11 is 0. The Kier molecular flexibility index (Phi) is 5.05. The molecule has 2 aliphatic rings. The number of piperazine rings is 1. The number of hydrogen-bond donors (Lipinski definition) is 0. The van der Waals surface area contributed by atoms with Crippen LogP contribution in [0.5, 0.6) is 0 Å². The molecule has 2 aromatic carbocycles. The Morgan fingerprint density at radius 3 is 2.30 bits per heavy atom. The first kappa shape index (κ1) is 20.4. The number of anilines is 1. The number of carbonyl (C=O) groups is 2. The van der Waals surface area contributed by atoms with Crippen LogP contribution in [-0.4, -0.2) is 60.4 Å². The number of likely N-dealkylation sites (tertiary alicyclic amines) is 1. The molecule has 2 aromatic rings. The Morgan fingerprint density at radius 1 is 1.00 bits per heavy atom. The zero-order valence-corrected chi connectivity index (χ0v) is 16.5. The topological polar surface area (TPSA) is 43.9 Å². The Labute approximate surface area is 172 Å². The smallest absolute Gasteiger partial charge is 0.337 e. The van der Waals surface area contributed by atoms with Crippen molar-refractivity contribution in [1.29, 1.82) is 0 Å². The molecule has 4 rings (SSSR count). The van der Waals surface area contributed by atoms with Gasteiger partial charge in [0.15, 0.2) is 0 Å². The van der Waals surface area contributed by atoms with Gasteiger partial charge < -0.3 is 9.80 Å². The maximum atomic E-state index is 12.9. The number of nitrogens with zero attached hydrogens (tertiary/aromatic N) is 3. The maximum absolute atomic E-state index is 12.9. The van der Waals surface area contributed by atoms with E-state index < -0.39 is 11.7 Å². The molecule has 0 radical (unpaired) electrons. The van der Waals surface area contributed by atoms with E-state index in [1.54, 1.807) is 9.80 Å². The van der Waals surface area contributed by atoms with Gasteiger partial charge in [-0.1, -0.05) is 18.2 Å². The van der Waals surface area contributed by atoms with Crippen molar-refractivity contribution in [2.75, 3.05) is 38.1 Å². The predicted molar refractivity (Wildman–Crippen MR) is 106 cm³/mol. The highest BCUT2D eigenvalue weighted by Gasteiger charge is 2.48. The molecule has 2 aliphatic heterocycles. The average Bonchev–Trinajstić information content (AvgIpc) is 3.16. The fourth-order valence-electron chi connectivity index (χ4n) is 4.26. The van der Waals surface area contributed by atoms with E-state index in [1.165, 1.54) is 12.1 Å². The van der Waals surface area contributed by atoms with Crippen LogP contribution in [0.15, 0.2) is 54.6 Å². The van der Waals surface area contributed by atoms with Crippen LogP contribution in [0.25, 0.3) is 0 Å². The molecular formula is C22H22F3N3O2. The Hall–Kier alpha value is -2.87. The second kappa shape index (κ2) is 7.43. The maximum Gasteiger partial charge on any atom is 0.416 e. The lowest BCUT2D eigenvalue weighted by Crippen LogP contribution is -2.64. The molecule has 158 valence electrons. The second-order valence-corrected chi connectivity index (χ2v) is 7.95. The summed E-state index contributed by atoms with van der Waals surface area (Å²) in [5, 5.41) is 0. The van der Waals surface area contributed by atoms with Crippen molar-refractivity contribution in [2.45, 2.75) is 18.1 Å². The van der Waals surface area contributed by atoms with Crippen LogP contribution < -0.4 is 4.90 Å². The number of likely N-dealkylation sites (N-methyl/N-ethyl adjacent to an activating group) is 1. The van der Waals surface area contributed by atoms with Gasteiger partial charge in [0.05, 0.1) is 17.6 Å². The van der Waals surface area contributed by atoms with Crippen molar-refractivity contribution in [3.63, 3.8) is 0 Å². The number of amides is 2. The zero-order valence-electron chi connectivity index (χ0n) is 16.5. The van der Waals surface area contributed by atoms with Crippen LogP contribution in [0.1, 0.15) is 22.3 Å². The van der Waals surface area contributed by atoms with Crippen molar-refractivity contribution in [3.05, 3.63) is 65.7 Å². The van der Waals surface area contributed by atoms with Crippen LogP contribution in [-0.2, 0) is 11.0 Å². The predicted octanol–water partition coefficient (Wildman–Crippen LogP) is 3.27. The van der Waals surface area contributed by atoms with Gasteiger partial charge in [-0.2, -0.15) is 13.2 Å². The number of hydrogen-bond acceptors (Lipinski definition) is 3. The van der Waals surface area contributed by atoms with E-state index in [4.69, 9.17) is 0 Å². The lowest BCUT2D eigenvalue weighted by atomic mass is 9.92. The summed E-state index contributed by atoms with van der Waals surface area (Å²) in [5.41, 5.74) is -0.108. The van der Waals surface area contributed by atoms with E-state index in [0.717, 1.165) is 17.8 Å². The van der Waals surface area contributed by atoms with Gasteiger partial charge in [0.25, 0.3) is 5.91 Å². The second-order valence-electron chi connectivity index (χ2n) is 7.95. The van der Waals surface area contributed by atoms with Gasteiger partial charge in [-0.05, 0) is 49.9 Å². The monoisotopic (exact) mass is 417 g/mol. The molecule has 0 bridgehead atoms. The first-order valence-corrected chi connectivity index (χ1v) is 9.73. The molecule has 2 fully saturated rings. The molecule has 1 atom stereocenters. The van der Waals surface area contributed by atoms with Gasteiger partial charge in [-0.15, -0.1) is 0 Å². The zero-order chi connectivity index (χ0) is 21.5. The minimum atomic E-state index is -4.43. The fourth-order valence-corrected chi connectivity index (χ4v) is 4.26. The number of para-hydroxylation sites is 1. The normalized spacial score (nSPS) is 22.7. The van der Waals surface area contributed by atoms with Crippen molar-refractivity contribution in [2.24, 2.45) is 0 Å². The molecule has 5 nitrogen and oxygen atoms in total. The van der Waals surface area contributed by atoms with Crippen molar-refractivity contribution >= 4 is 17.5 Å². The van der Waals surface area contributed by atoms with E-state index in [-0.39, 0.29) is 29.5 Å². The average molecular weight is 417 g/mol. The van der Waals surface area contributed by atoms with E-state index >= 15 is 0 Å². The van der Waals surface area contributed by atoms with Crippen LogP contribution >= 0.6 is 0 Å². The molecule has 2 heterocycles. The first-order chi connectivity index (χ1) is 14.2. The third-order valence-corrected chi connectivity index (χ3v) is 6.08. The van der Waals surface area contributed by atoms with Gasteiger partial charge in [-0.25, -0.2) is 0 Å². The molecule has 2 saturated heterocycles. The van der Waals surface area contributed by atoms with Crippen molar-refractivity contribution < 1.29 is 22.8 Å². The van der Waals surface area contributed by atoms with Crippen LogP contribution in [0.4, 0.5) is 18.9 Å². The minimum Gasteiger partial charge on any atom is -0.337 e. The van der Waals surface area contributed by atoms with E-state index in [1.807, 2.05) is 42.3 Å². The standard InChI is InChI=1S/C22H22F3N3O2/c1-26-13-19(29)28(18-5-3-2-4-6-18)15-21(26)11-12-27(14-21)20(30)16-7-9-17(10-8-16)22(23,24)25/h2-10H,11-15H2,1H3/t21-/m0/s1. The van der Waals surface area contributed by atoms with Gasteiger partial charge in [0, 0.05) is 30.9 Å². The SMILES string of the molecule is CN1CC(=O)N(c2ccccc2)C[C@@]12CCN(C(=O)c1ccc(C(F)(F)F)cc1)C2. The van der Waals surface area contributed by atoms with E-state index in [2.05, 4.69) is 0 Å². The minimum absolute atomic E-state index is 0.00170. The first-order valence-electron chi connectivity index (χ1n) is 9.73. The quantitative estimate of drug-likeness (QED) is 0.754. The van der Waals surface area contributed by atoms with Gasteiger partial charge in [-0.3, -0.25) is 14.5 Å². The summed E-state index contributed by atoms with van der Waals surface area (Å²) in [6.45, 7) is 1.61. The Morgan fingerprint density at radius 2 is 1.67 bits per heavy atom. The molecule has 0 aromatic heterocycles. The third kappa shape index (κ3) is 3.67. The van der Waals surface area contributed by atoms with Crippen LogP contribution in [0, 0.1) is 0 Å². The lowest BCUT2D eigenvalue weighted by molar-refractivity contribution is -0.137. The van der Waals surface area contributed by atoms with Crippen LogP contribution in [0.3, 0.4) is 0 Å². The molecule has 0 aliphatic carbocycles. The molecule has 0 saturated carbocycles. The highest BCUT2D eigenvalue weighted by Crippen LogP contribution is 2.34. The largest absolute Gasteiger partial charge is 0.416 e. The van der Waals surface area contributed by atoms with Gasteiger partial charge in [0.2, 0.25) is 5.91 Å². The molecule has 0 unspecified atom stereocenters. The summed E-state index contributed by atoms with van der Waals surface area (Å²) in [5.74, 6) is -0.293. The number of carbonyl (C=O) groups excluding carboxylic acids is 2. The molecule has 8 heteroatoms. The number of alkyl halides is 3. The number of benzene rings is 2.